The Morgan fingerprint density at radius 1 is 1.22 bits per heavy atom. The van der Waals surface area contributed by atoms with Crippen LogP contribution in [0.15, 0.2) is 59.5 Å². The molecule has 0 spiro atoms. The highest BCUT2D eigenvalue weighted by Crippen LogP contribution is 2.43. The molecule has 11 heteroatoms. The highest BCUT2D eigenvalue weighted by Gasteiger charge is 2.27. The third kappa shape index (κ3) is 3.44. The largest absolute Gasteiger partial charge is 0.494 e. The summed E-state index contributed by atoms with van der Waals surface area (Å²) in [6.45, 7) is 0.817. The van der Waals surface area contributed by atoms with E-state index >= 15 is 0 Å². The number of para-hydroxylation sites is 1. The maximum Gasteiger partial charge on any atom is 0.307 e. The number of halogens is 1. The summed E-state index contributed by atoms with van der Waals surface area (Å²) in [4.78, 5) is 23.8. The summed E-state index contributed by atoms with van der Waals surface area (Å²) in [5.74, 6) is -0.267. The van der Waals surface area contributed by atoms with Crippen molar-refractivity contribution in [2.45, 2.75) is 19.4 Å². The van der Waals surface area contributed by atoms with Crippen LogP contribution in [0.5, 0.6) is 5.75 Å². The Kier molecular flexibility index (Phi) is 5.10. The molecule has 0 atom stereocenters. The molecule has 0 radical (unpaired) electrons. The van der Waals surface area contributed by atoms with E-state index in [1.54, 1.807) is 18.5 Å². The van der Waals surface area contributed by atoms with Crippen molar-refractivity contribution in [3.63, 3.8) is 0 Å². The number of nitro benzene ring substituents is 1. The average Bonchev–Trinajstić information content (AvgIpc) is 3.52. The van der Waals surface area contributed by atoms with E-state index in [-0.39, 0.29) is 17.4 Å². The third-order valence-electron chi connectivity index (χ3n) is 6.25. The first-order chi connectivity index (χ1) is 17.5. The summed E-state index contributed by atoms with van der Waals surface area (Å²) in [5.41, 5.74) is 4.12. The number of benzene rings is 2. The molecule has 0 fully saturated rings. The lowest BCUT2D eigenvalue weighted by atomic mass is 10.0. The average molecular weight is 486 g/mol. The van der Waals surface area contributed by atoms with Crippen LogP contribution in [-0.4, -0.2) is 31.6 Å². The Morgan fingerprint density at radius 2 is 2.11 bits per heavy atom. The number of hydrogen-bond acceptors (Lipinski definition) is 8. The molecule has 180 valence electrons. The van der Waals surface area contributed by atoms with Gasteiger partial charge in [-0.2, -0.15) is 4.39 Å². The molecule has 1 aliphatic heterocycles. The van der Waals surface area contributed by atoms with Crippen molar-refractivity contribution < 1.29 is 18.5 Å². The topological polar surface area (TPSA) is 121 Å². The van der Waals surface area contributed by atoms with Gasteiger partial charge in [0.1, 0.15) is 17.7 Å². The van der Waals surface area contributed by atoms with E-state index in [9.17, 15) is 14.5 Å². The normalized spacial score (nSPS) is 12.6. The number of hydrogen-bond donors (Lipinski definition) is 1. The zero-order chi connectivity index (χ0) is 24.8. The lowest BCUT2D eigenvalue weighted by Crippen LogP contribution is -2.08. The van der Waals surface area contributed by atoms with Gasteiger partial charge in [0, 0.05) is 35.8 Å². The monoisotopic (exact) mass is 486 g/mol. The summed E-state index contributed by atoms with van der Waals surface area (Å²) in [6.07, 6.45) is 6.70. The maximum absolute atomic E-state index is 14.1. The molecular formula is C25H19FN6O4. The van der Waals surface area contributed by atoms with Crippen molar-refractivity contribution in [3.8, 4) is 28.6 Å². The molecular weight excluding hydrogens is 467 g/mol. The fraction of sp³-hybridized carbons (Fsp3) is 0.160. The van der Waals surface area contributed by atoms with Crippen molar-refractivity contribution in [2.24, 2.45) is 0 Å². The van der Waals surface area contributed by atoms with Crippen molar-refractivity contribution in [2.75, 3.05) is 12.4 Å². The predicted molar refractivity (Wildman–Crippen MR) is 130 cm³/mol. The summed E-state index contributed by atoms with van der Waals surface area (Å²) >= 11 is 0. The number of aryl methyl sites for hydroxylation is 2. The number of oxazole rings is 1. The highest BCUT2D eigenvalue weighted by atomic mass is 19.1. The zero-order valence-corrected chi connectivity index (χ0v) is 19.1. The second-order valence-corrected chi connectivity index (χ2v) is 8.28. The van der Waals surface area contributed by atoms with Gasteiger partial charge in [-0.05, 0) is 24.5 Å². The van der Waals surface area contributed by atoms with Gasteiger partial charge in [-0.1, -0.05) is 18.2 Å². The lowest BCUT2D eigenvalue weighted by Gasteiger charge is -2.16. The van der Waals surface area contributed by atoms with Gasteiger partial charge in [-0.25, -0.2) is 15.0 Å². The number of nitrogens with zero attached hydrogens (tertiary/aromatic N) is 5. The SMILES string of the molecule is COc1cc(F)c([N+](=O)[O-])cc1Nc1nccc(-c2c(-c3ncco3)n3c4c(cccc24)CCC3)n1. The standard InChI is InChI=1S/C25H19FN6O4/c1-35-20-12-16(26)19(32(33)34)13-18(20)30-25-28-8-7-17(29-25)21-15-6-2-4-14-5-3-10-31(22(14)15)23(21)24-27-9-11-36-24/h2,4,6-9,11-13H,3,5,10H2,1H3,(H,28,29,30). The number of nitrogens with one attached hydrogen (secondary N) is 1. The van der Waals surface area contributed by atoms with Gasteiger partial charge < -0.3 is 19.0 Å². The van der Waals surface area contributed by atoms with Gasteiger partial charge in [0.25, 0.3) is 0 Å². The minimum atomic E-state index is -0.998. The van der Waals surface area contributed by atoms with Gasteiger partial charge in [0.05, 0.1) is 35.1 Å². The molecule has 10 nitrogen and oxygen atoms in total. The summed E-state index contributed by atoms with van der Waals surface area (Å²) in [6, 6.07) is 10.00. The minimum Gasteiger partial charge on any atom is -0.494 e. The second-order valence-electron chi connectivity index (χ2n) is 8.28. The molecule has 1 aliphatic rings. The molecule has 2 aromatic carbocycles. The molecule has 0 bridgehead atoms. The molecule has 0 saturated carbocycles. The van der Waals surface area contributed by atoms with E-state index in [0.717, 1.165) is 53.7 Å². The Labute approximate surface area is 203 Å². The van der Waals surface area contributed by atoms with E-state index in [1.807, 2.05) is 12.1 Å². The first-order valence-corrected chi connectivity index (χ1v) is 11.2. The van der Waals surface area contributed by atoms with Gasteiger partial charge >= 0.3 is 5.69 Å². The molecule has 3 aromatic heterocycles. The van der Waals surface area contributed by atoms with Crippen LogP contribution >= 0.6 is 0 Å². The van der Waals surface area contributed by atoms with E-state index in [4.69, 9.17) is 14.1 Å². The fourth-order valence-electron chi connectivity index (χ4n) is 4.79. The molecule has 1 N–H and O–H groups in total. The number of ether oxygens (including phenoxy) is 1. The Morgan fingerprint density at radius 3 is 2.89 bits per heavy atom. The zero-order valence-electron chi connectivity index (χ0n) is 19.1. The van der Waals surface area contributed by atoms with Crippen LogP contribution in [0, 0.1) is 15.9 Å². The van der Waals surface area contributed by atoms with Gasteiger partial charge in [0.2, 0.25) is 17.7 Å². The van der Waals surface area contributed by atoms with Crippen LogP contribution in [0.1, 0.15) is 12.0 Å². The van der Waals surface area contributed by atoms with Crippen LogP contribution in [0.4, 0.5) is 21.7 Å². The van der Waals surface area contributed by atoms with Crippen molar-refractivity contribution >= 4 is 28.2 Å². The van der Waals surface area contributed by atoms with Gasteiger partial charge in [-0.3, -0.25) is 10.1 Å². The summed E-state index contributed by atoms with van der Waals surface area (Å²) < 4.78 is 27.2. The van der Waals surface area contributed by atoms with Gasteiger partial charge in [0.15, 0.2) is 0 Å². The van der Waals surface area contributed by atoms with Crippen LogP contribution < -0.4 is 10.1 Å². The molecule has 5 aromatic rings. The van der Waals surface area contributed by atoms with E-state index in [1.165, 1.54) is 18.9 Å². The fourth-order valence-corrected chi connectivity index (χ4v) is 4.79. The number of anilines is 2. The molecule has 36 heavy (non-hydrogen) atoms. The predicted octanol–water partition coefficient (Wildman–Crippen LogP) is 5.50. The van der Waals surface area contributed by atoms with Crippen molar-refractivity contribution in [1.82, 2.24) is 19.5 Å². The number of methoxy groups -OCH3 is 1. The van der Waals surface area contributed by atoms with E-state index in [2.05, 4.69) is 25.9 Å². The van der Waals surface area contributed by atoms with E-state index in [0.29, 0.717) is 11.6 Å². The molecule has 4 heterocycles. The molecule has 0 saturated heterocycles. The molecule has 0 unspecified atom stereocenters. The Hall–Kier alpha value is -4.80. The minimum absolute atomic E-state index is 0.0831. The first kappa shape index (κ1) is 21.7. The third-order valence-corrected chi connectivity index (χ3v) is 6.25. The van der Waals surface area contributed by atoms with Crippen molar-refractivity contribution in [1.29, 1.82) is 0 Å². The van der Waals surface area contributed by atoms with Crippen LogP contribution in [0.25, 0.3) is 33.7 Å². The Bertz CT molecular complexity index is 1630. The maximum atomic E-state index is 14.1. The van der Waals surface area contributed by atoms with Gasteiger partial charge in [-0.15, -0.1) is 0 Å². The Balaban J connectivity index is 1.51. The molecule has 0 amide bonds. The number of rotatable bonds is 6. The summed E-state index contributed by atoms with van der Waals surface area (Å²) in [5, 5.41) is 15.2. The van der Waals surface area contributed by atoms with Crippen molar-refractivity contribution in [3.05, 3.63) is 76.6 Å². The van der Waals surface area contributed by atoms with E-state index < -0.39 is 16.4 Å². The number of aromatic nitrogens is 4. The quantitative estimate of drug-likeness (QED) is 0.247. The van der Waals surface area contributed by atoms with Crippen LogP contribution in [-0.2, 0) is 13.0 Å². The number of nitro groups is 1. The van der Waals surface area contributed by atoms with Crippen LogP contribution in [0.2, 0.25) is 0 Å². The summed E-state index contributed by atoms with van der Waals surface area (Å²) in [7, 11) is 1.35. The smallest absolute Gasteiger partial charge is 0.307 e. The lowest BCUT2D eigenvalue weighted by molar-refractivity contribution is -0.387. The molecule has 6 rings (SSSR count). The highest BCUT2D eigenvalue weighted by molar-refractivity contribution is 6.04. The second kappa shape index (κ2) is 8.45. The molecule has 0 aliphatic carbocycles. The first-order valence-electron chi connectivity index (χ1n) is 11.2. The van der Waals surface area contributed by atoms with Crippen LogP contribution in [0.3, 0.4) is 0 Å².